The number of halogens is 1. The highest BCUT2D eigenvalue weighted by Crippen LogP contribution is 2.35. The van der Waals surface area contributed by atoms with E-state index in [2.05, 4.69) is 31.4 Å². The van der Waals surface area contributed by atoms with Gasteiger partial charge in [0.05, 0.1) is 29.4 Å². The standard InChI is InChI=1S/C16H18BrN3O5S/c1-4-6-25-15(22)10-8(3)12(16(23)24-5-2)26-14(10)19-13(21)11-9(17)7-18-20-11/h7H,4-6H2,1-3H3,(H,18,20)(H,19,21). The summed E-state index contributed by atoms with van der Waals surface area (Å²) in [5.41, 5.74) is 0.755. The summed E-state index contributed by atoms with van der Waals surface area (Å²) < 4.78 is 10.7. The second kappa shape index (κ2) is 8.95. The average molecular weight is 444 g/mol. The Morgan fingerprint density at radius 2 is 2.00 bits per heavy atom. The summed E-state index contributed by atoms with van der Waals surface area (Å²) in [6.45, 7) is 5.62. The smallest absolute Gasteiger partial charge is 0.348 e. The number of anilines is 1. The minimum Gasteiger partial charge on any atom is -0.462 e. The molecule has 0 saturated carbocycles. The Labute approximate surface area is 162 Å². The summed E-state index contributed by atoms with van der Waals surface area (Å²) in [6.07, 6.45) is 2.09. The van der Waals surface area contributed by atoms with E-state index in [1.807, 2.05) is 6.92 Å². The summed E-state index contributed by atoms with van der Waals surface area (Å²) in [6, 6.07) is 0. The number of amides is 1. The number of thiophene rings is 1. The van der Waals surface area contributed by atoms with Gasteiger partial charge in [-0.05, 0) is 41.8 Å². The molecule has 8 nitrogen and oxygen atoms in total. The van der Waals surface area contributed by atoms with Crippen molar-refractivity contribution in [1.29, 1.82) is 0 Å². The number of carbonyl (C=O) groups excluding carboxylic acids is 3. The number of carbonyl (C=O) groups is 3. The molecule has 2 N–H and O–H groups in total. The molecule has 0 aliphatic heterocycles. The predicted octanol–water partition coefficient (Wildman–Crippen LogP) is 3.54. The second-order valence-corrected chi connectivity index (χ2v) is 7.04. The van der Waals surface area contributed by atoms with Gasteiger partial charge in [-0.2, -0.15) is 5.10 Å². The quantitative estimate of drug-likeness (QED) is 0.633. The molecule has 2 aromatic heterocycles. The molecule has 0 aromatic carbocycles. The first-order valence-corrected chi connectivity index (χ1v) is 9.49. The van der Waals surface area contributed by atoms with Crippen molar-refractivity contribution in [1.82, 2.24) is 10.2 Å². The highest BCUT2D eigenvalue weighted by Gasteiger charge is 2.28. The van der Waals surface area contributed by atoms with Crippen LogP contribution in [0.1, 0.15) is 56.3 Å². The molecule has 26 heavy (non-hydrogen) atoms. The molecule has 1 amide bonds. The fourth-order valence-corrected chi connectivity index (χ4v) is 3.56. The van der Waals surface area contributed by atoms with Gasteiger partial charge in [0.15, 0.2) is 0 Å². The van der Waals surface area contributed by atoms with Gasteiger partial charge in [-0.25, -0.2) is 9.59 Å². The first-order chi connectivity index (χ1) is 12.4. The Kier molecular flexibility index (Phi) is 6.92. The molecule has 0 bridgehead atoms. The molecule has 2 heterocycles. The van der Waals surface area contributed by atoms with Gasteiger partial charge in [-0.3, -0.25) is 9.89 Å². The maximum absolute atomic E-state index is 12.4. The van der Waals surface area contributed by atoms with Crippen LogP contribution < -0.4 is 5.32 Å². The topological polar surface area (TPSA) is 110 Å². The third kappa shape index (κ3) is 4.31. The average Bonchev–Trinajstić information content (AvgIpc) is 3.16. The van der Waals surface area contributed by atoms with E-state index >= 15 is 0 Å². The first-order valence-electron chi connectivity index (χ1n) is 7.88. The predicted molar refractivity (Wildman–Crippen MR) is 99.8 cm³/mol. The summed E-state index contributed by atoms with van der Waals surface area (Å²) in [5.74, 6) is -1.66. The molecule has 2 aromatic rings. The van der Waals surface area contributed by atoms with Gasteiger partial charge in [0.25, 0.3) is 5.91 Å². The summed E-state index contributed by atoms with van der Waals surface area (Å²) in [5, 5.41) is 9.18. The fourth-order valence-electron chi connectivity index (χ4n) is 2.10. The van der Waals surface area contributed by atoms with Crippen LogP contribution in [-0.2, 0) is 9.47 Å². The van der Waals surface area contributed by atoms with Gasteiger partial charge in [-0.1, -0.05) is 6.92 Å². The molecular formula is C16H18BrN3O5S. The lowest BCUT2D eigenvalue weighted by Gasteiger charge is -2.07. The first kappa shape index (κ1) is 20.1. The Bertz CT molecular complexity index is 830. The highest BCUT2D eigenvalue weighted by molar-refractivity contribution is 9.10. The molecule has 2 rings (SSSR count). The molecule has 140 valence electrons. The number of hydrogen-bond acceptors (Lipinski definition) is 7. The molecule has 0 radical (unpaired) electrons. The minimum atomic E-state index is -0.602. The maximum atomic E-state index is 12.4. The molecule has 0 aliphatic rings. The molecule has 10 heteroatoms. The Morgan fingerprint density at radius 3 is 2.58 bits per heavy atom. The normalized spacial score (nSPS) is 10.5. The number of nitrogens with one attached hydrogen (secondary N) is 2. The lowest BCUT2D eigenvalue weighted by molar-refractivity contribution is 0.0506. The van der Waals surface area contributed by atoms with E-state index in [1.54, 1.807) is 13.8 Å². The molecule has 0 aliphatic carbocycles. The van der Waals surface area contributed by atoms with Crippen LogP contribution in [0.4, 0.5) is 5.00 Å². The molecule has 0 saturated heterocycles. The van der Waals surface area contributed by atoms with Crippen molar-refractivity contribution in [3.05, 3.63) is 32.4 Å². The zero-order valence-corrected chi connectivity index (χ0v) is 16.9. The number of rotatable bonds is 7. The van der Waals surface area contributed by atoms with E-state index in [0.29, 0.717) is 16.5 Å². The fraction of sp³-hybridized carbons (Fsp3) is 0.375. The molecule has 0 atom stereocenters. The summed E-state index contributed by atoms with van der Waals surface area (Å²) >= 11 is 4.18. The van der Waals surface area contributed by atoms with Gasteiger partial charge < -0.3 is 14.8 Å². The largest absolute Gasteiger partial charge is 0.462 e. The van der Waals surface area contributed by atoms with Gasteiger partial charge in [0, 0.05) is 0 Å². The van der Waals surface area contributed by atoms with E-state index in [0.717, 1.165) is 11.3 Å². The lowest BCUT2D eigenvalue weighted by atomic mass is 10.1. The van der Waals surface area contributed by atoms with Crippen molar-refractivity contribution in [3.63, 3.8) is 0 Å². The van der Waals surface area contributed by atoms with Crippen molar-refractivity contribution in [2.75, 3.05) is 18.5 Å². The Hall–Kier alpha value is -2.20. The second-order valence-electron chi connectivity index (χ2n) is 5.16. The zero-order valence-electron chi connectivity index (χ0n) is 14.5. The monoisotopic (exact) mass is 443 g/mol. The third-order valence-electron chi connectivity index (χ3n) is 3.30. The van der Waals surface area contributed by atoms with Gasteiger partial charge in [0.2, 0.25) is 0 Å². The van der Waals surface area contributed by atoms with Crippen LogP contribution in [-0.4, -0.2) is 41.3 Å². The van der Waals surface area contributed by atoms with E-state index in [4.69, 9.17) is 9.47 Å². The SMILES string of the molecule is CCCOC(=O)c1c(NC(=O)c2[nH]ncc2Br)sc(C(=O)OCC)c1C. The number of hydrogen-bond donors (Lipinski definition) is 2. The summed E-state index contributed by atoms with van der Waals surface area (Å²) in [4.78, 5) is 37.2. The van der Waals surface area contributed by atoms with Crippen molar-refractivity contribution >= 4 is 50.1 Å². The Balaban J connectivity index is 2.40. The third-order valence-corrected chi connectivity index (χ3v) is 5.08. The van der Waals surface area contributed by atoms with E-state index in [1.165, 1.54) is 6.20 Å². The minimum absolute atomic E-state index is 0.149. The summed E-state index contributed by atoms with van der Waals surface area (Å²) in [7, 11) is 0. The molecular weight excluding hydrogens is 426 g/mol. The van der Waals surface area contributed by atoms with Crippen molar-refractivity contribution in [2.45, 2.75) is 27.2 Å². The zero-order chi connectivity index (χ0) is 19.3. The molecule has 0 fully saturated rings. The number of H-pyrrole nitrogens is 1. The van der Waals surface area contributed by atoms with Crippen LogP contribution in [0.25, 0.3) is 0 Å². The molecule has 0 spiro atoms. The number of ether oxygens (including phenoxy) is 2. The van der Waals surface area contributed by atoms with E-state index in [-0.39, 0.29) is 34.3 Å². The van der Waals surface area contributed by atoms with Gasteiger partial charge in [0.1, 0.15) is 15.6 Å². The number of aromatic amines is 1. The maximum Gasteiger partial charge on any atom is 0.348 e. The number of nitrogens with zero attached hydrogens (tertiary/aromatic N) is 1. The van der Waals surface area contributed by atoms with Crippen molar-refractivity contribution in [2.24, 2.45) is 0 Å². The van der Waals surface area contributed by atoms with Crippen molar-refractivity contribution < 1.29 is 23.9 Å². The van der Waals surface area contributed by atoms with Crippen molar-refractivity contribution in [3.8, 4) is 0 Å². The van der Waals surface area contributed by atoms with Crippen LogP contribution in [0, 0.1) is 6.92 Å². The van der Waals surface area contributed by atoms with Crippen LogP contribution in [0.5, 0.6) is 0 Å². The van der Waals surface area contributed by atoms with Crippen LogP contribution in [0.15, 0.2) is 10.7 Å². The molecule has 0 unspecified atom stereocenters. The van der Waals surface area contributed by atoms with Gasteiger partial charge >= 0.3 is 11.9 Å². The van der Waals surface area contributed by atoms with Crippen LogP contribution in [0.2, 0.25) is 0 Å². The van der Waals surface area contributed by atoms with E-state index < -0.39 is 17.8 Å². The van der Waals surface area contributed by atoms with E-state index in [9.17, 15) is 14.4 Å². The van der Waals surface area contributed by atoms with Crippen LogP contribution in [0.3, 0.4) is 0 Å². The number of esters is 2. The van der Waals surface area contributed by atoms with Crippen LogP contribution >= 0.6 is 27.3 Å². The Morgan fingerprint density at radius 1 is 1.27 bits per heavy atom. The number of aromatic nitrogens is 2. The highest BCUT2D eigenvalue weighted by atomic mass is 79.9. The lowest BCUT2D eigenvalue weighted by Crippen LogP contribution is -2.16. The van der Waals surface area contributed by atoms with Gasteiger partial charge in [-0.15, -0.1) is 11.3 Å².